The molecule has 1 fully saturated rings. The molecule has 0 atom stereocenters. The van der Waals surface area contributed by atoms with Crippen LogP contribution in [0.2, 0.25) is 0 Å². The Morgan fingerprint density at radius 2 is 2.30 bits per heavy atom. The van der Waals surface area contributed by atoms with Crippen LogP contribution in [-0.2, 0) is 0 Å². The number of allylic oxidation sites excluding steroid dienone is 1. The number of rotatable bonds is 3. The summed E-state index contributed by atoms with van der Waals surface area (Å²) >= 11 is 0. The highest BCUT2D eigenvalue weighted by Gasteiger charge is 2.17. The van der Waals surface area contributed by atoms with E-state index in [1.807, 2.05) is 0 Å². The lowest BCUT2D eigenvalue weighted by atomic mass is 9.86. The first-order valence-corrected chi connectivity index (χ1v) is 4.26. The highest BCUT2D eigenvalue weighted by molar-refractivity contribution is 5.14. The van der Waals surface area contributed by atoms with Crippen molar-refractivity contribution >= 4 is 0 Å². The van der Waals surface area contributed by atoms with E-state index in [1.165, 1.54) is 19.3 Å². The van der Waals surface area contributed by atoms with Gasteiger partial charge in [-0.05, 0) is 19.3 Å². The van der Waals surface area contributed by atoms with Crippen LogP contribution in [-0.4, -0.2) is 6.04 Å². The maximum atomic E-state index is 5.63. The van der Waals surface area contributed by atoms with Gasteiger partial charge in [0.1, 0.15) is 0 Å². The highest BCUT2D eigenvalue weighted by Crippen LogP contribution is 2.24. The molecule has 0 spiro atoms. The molecule has 0 unspecified atom stereocenters. The molecular formula is C9H17N. The van der Waals surface area contributed by atoms with E-state index in [1.54, 1.807) is 5.57 Å². The topological polar surface area (TPSA) is 26.0 Å². The van der Waals surface area contributed by atoms with Crippen LogP contribution >= 0.6 is 0 Å². The van der Waals surface area contributed by atoms with Gasteiger partial charge in [-0.2, -0.15) is 0 Å². The molecule has 10 heavy (non-hydrogen) atoms. The van der Waals surface area contributed by atoms with Gasteiger partial charge in [0.15, 0.2) is 0 Å². The van der Waals surface area contributed by atoms with Crippen LogP contribution in [0.1, 0.15) is 39.0 Å². The Morgan fingerprint density at radius 3 is 2.80 bits per heavy atom. The molecule has 1 heteroatoms. The molecule has 0 aliphatic heterocycles. The predicted molar refractivity (Wildman–Crippen MR) is 44.8 cm³/mol. The molecule has 0 amide bonds. The third-order valence-corrected chi connectivity index (χ3v) is 2.04. The Balaban J connectivity index is 2.05. The summed E-state index contributed by atoms with van der Waals surface area (Å²) in [6, 6.07) is 0.480. The first-order valence-electron chi connectivity index (χ1n) is 4.26. The van der Waals surface area contributed by atoms with Crippen molar-refractivity contribution in [1.29, 1.82) is 0 Å². The van der Waals surface area contributed by atoms with Gasteiger partial charge in [0.25, 0.3) is 0 Å². The van der Waals surface area contributed by atoms with E-state index in [2.05, 4.69) is 13.0 Å². The van der Waals surface area contributed by atoms with Gasteiger partial charge in [0.05, 0.1) is 0 Å². The summed E-state index contributed by atoms with van der Waals surface area (Å²) in [5.41, 5.74) is 7.22. The Hall–Kier alpha value is -0.300. The van der Waals surface area contributed by atoms with Crippen molar-refractivity contribution < 1.29 is 0 Å². The van der Waals surface area contributed by atoms with E-state index in [0.29, 0.717) is 6.04 Å². The first kappa shape index (κ1) is 7.80. The first-order chi connectivity index (χ1) is 4.83. The number of hydrogen-bond donors (Lipinski definition) is 1. The van der Waals surface area contributed by atoms with Gasteiger partial charge >= 0.3 is 0 Å². The van der Waals surface area contributed by atoms with Gasteiger partial charge in [-0.1, -0.05) is 31.4 Å². The van der Waals surface area contributed by atoms with E-state index in [4.69, 9.17) is 5.73 Å². The van der Waals surface area contributed by atoms with Crippen LogP contribution in [0.5, 0.6) is 0 Å². The molecule has 0 aromatic rings. The summed E-state index contributed by atoms with van der Waals surface area (Å²) in [5, 5.41) is 0. The zero-order valence-corrected chi connectivity index (χ0v) is 6.77. The average Bonchev–Trinajstić information content (AvgIpc) is 1.85. The minimum Gasteiger partial charge on any atom is -0.327 e. The number of unbranched alkanes of at least 4 members (excludes halogenated alkanes) is 2. The molecule has 1 aliphatic rings. The van der Waals surface area contributed by atoms with Crippen LogP contribution < -0.4 is 5.73 Å². The van der Waals surface area contributed by atoms with Gasteiger partial charge in [-0.3, -0.25) is 0 Å². The molecule has 0 radical (unpaired) electrons. The molecule has 0 heterocycles. The normalized spacial score (nSPS) is 24.2. The van der Waals surface area contributed by atoms with Crippen LogP contribution in [0, 0.1) is 0 Å². The van der Waals surface area contributed by atoms with Gasteiger partial charge < -0.3 is 5.73 Å². The molecule has 0 saturated heterocycles. The molecule has 0 aromatic heterocycles. The molecule has 1 nitrogen and oxygen atoms in total. The van der Waals surface area contributed by atoms with Crippen molar-refractivity contribution in [3.8, 4) is 0 Å². The zero-order chi connectivity index (χ0) is 7.40. The highest BCUT2D eigenvalue weighted by atomic mass is 14.7. The van der Waals surface area contributed by atoms with Crippen LogP contribution in [0.25, 0.3) is 0 Å². The standard InChI is InChI=1S/C9H17N/c1-2-3-4-5-8-6-9(10)7-8/h5,9H,2-4,6-7,10H2,1H3. The van der Waals surface area contributed by atoms with Crippen molar-refractivity contribution in [3.63, 3.8) is 0 Å². The molecule has 1 saturated carbocycles. The van der Waals surface area contributed by atoms with Crippen molar-refractivity contribution in [3.05, 3.63) is 11.6 Å². The monoisotopic (exact) mass is 139 g/mol. The van der Waals surface area contributed by atoms with E-state index in [9.17, 15) is 0 Å². The summed E-state index contributed by atoms with van der Waals surface area (Å²) in [5.74, 6) is 0. The third-order valence-electron chi connectivity index (χ3n) is 2.04. The van der Waals surface area contributed by atoms with E-state index < -0.39 is 0 Å². The Morgan fingerprint density at radius 1 is 1.60 bits per heavy atom. The molecule has 58 valence electrons. The number of nitrogens with two attached hydrogens (primary N) is 1. The second kappa shape index (κ2) is 3.77. The Kier molecular flexibility index (Phi) is 2.94. The van der Waals surface area contributed by atoms with Gasteiger partial charge in [-0.15, -0.1) is 0 Å². The maximum absolute atomic E-state index is 5.63. The lowest BCUT2D eigenvalue weighted by Gasteiger charge is -2.25. The number of hydrogen-bond acceptors (Lipinski definition) is 1. The largest absolute Gasteiger partial charge is 0.327 e. The Labute approximate surface area is 63.3 Å². The zero-order valence-electron chi connectivity index (χ0n) is 6.77. The van der Waals surface area contributed by atoms with Gasteiger partial charge in [-0.25, -0.2) is 0 Å². The third kappa shape index (κ3) is 2.14. The SMILES string of the molecule is CCCCC=C1CC(N)C1. The molecule has 1 aliphatic carbocycles. The lowest BCUT2D eigenvalue weighted by molar-refractivity contribution is 0.537. The van der Waals surface area contributed by atoms with Crippen molar-refractivity contribution in [1.82, 2.24) is 0 Å². The molecular weight excluding hydrogens is 122 g/mol. The van der Waals surface area contributed by atoms with Gasteiger partial charge in [0.2, 0.25) is 0 Å². The van der Waals surface area contributed by atoms with Crippen LogP contribution in [0.3, 0.4) is 0 Å². The fraction of sp³-hybridized carbons (Fsp3) is 0.778. The molecule has 0 bridgehead atoms. The molecule has 1 rings (SSSR count). The van der Waals surface area contributed by atoms with E-state index in [0.717, 1.165) is 12.8 Å². The van der Waals surface area contributed by atoms with Gasteiger partial charge in [0, 0.05) is 6.04 Å². The minimum absolute atomic E-state index is 0.480. The smallest absolute Gasteiger partial charge is 0.0113 e. The Bertz CT molecular complexity index is 119. The fourth-order valence-corrected chi connectivity index (χ4v) is 1.29. The second-order valence-corrected chi connectivity index (χ2v) is 3.17. The van der Waals surface area contributed by atoms with Crippen molar-refractivity contribution in [2.75, 3.05) is 0 Å². The van der Waals surface area contributed by atoms with E-state index >= 15 is 0 Å². The average molecular weight is 139 g/mol. The van der Waals surface area contributed by atoms with Crippen LogP contribution in [0.4, 0.5) is 0 Å². The van der Waals surface area contributed by atoms with Crippen LogP contribution in [0.15, 0.2) is 11.6 Å². The summed E-state index contributed by atoms with van der Waals surface area (Å²) in [6.45, 7) is 2.23. The maximum Gasteiger partial charge on any atom is 0.0113 e. The van der Waals surface area contributed by atoms with Crippen molar-refractivity contribution in [2.24, 2.45) is 5.73 Å². The summed E-state index contributed by atoms with van der Waals surface area (Å²) in [7, 11) is 0. The quantitative estimate of drug-likeness (QED) is 0.471. The predicted octanol–water partition coefficient (Wildman–Crippen LogP) is 2.22. The summed E-state index contributed by atoms with van der Waals surface area (Å²) in [4.78, 5) is 0. The van der Waals surface area contributed by atoms with Crippen molar-refractivity contribution in [2.45, 2.75) is 45.1 Å². The molecule has 0 aromatic carbocycles. The summed E-state index contributed by atoms with van der Waals surface area (Å²) in [6.07, 6.45) is 8.58. The minimum atomic E-state index is 0.480. The fourth-order valence-electron chi connectivity index (χ4n) is 1.29. The van der Waals surface area contributed by atoms with E-state index in [-0.39, 0.29) is 0 Å². The molecule has 2 N–H and O–H groups in total. The lowest BCUT2D eigenvalue weighted by Crippen LogP contribution is -2.30. The summed E-state index contributed by atoms with van der Waals surface area (Å²) < 4.78 is 0. The second-order valence-electron chi connectivity index (χ2n) is 3.17.